The molecule has 1 aliphatic rings. The molecular formula is C70H69FN4O. The summed E-state index contributed by atoms with van der Waals surface area (Å²) in [5, 5.41) is 2.30. The summed E-state index contributed by atoms with van der Waals surface area (Å²) >= 11 is 0. The first kappa shape index (κ1) is 50.2. The van der Waals surface area contributed by atoms with E-state index in [1.165, 1.54) is 38.9 Å². The first-order valence-corrected chi connectivity index (χ1v) is 26.9. The van der Waals surface area contributed by atoms with Gasteiger partial charge < -0.3 is 14.5 Å². The van der Waals surface area contributed by atoms with E-state index in [2.05, 4.69) is 243 Å². The molecule has 10 aromatic rings. The Morgan fingerprint density at radius 1 is 0.500 bits per heavy atom. The quantitative estimate of drug-likeness (QED) is 0.137. The van der Waals surface area contributed by atoms with E-state index in [1.807, 2.05) is 18.3 Å². The van der Waals surface area contributed by atoms with Gasteiger partial charge in [0.25, 0.3) is 0 Å². The Morgan fingerprint density at radius 2 is 1.11 bits per heavy atom. The fraction of sp³-hybridized carbons (Fsp3) is 0.243. The summed E-state index contributed by atoms with van der Waals surface area (Å²) in [7, 11) is 0. The zero-order chi connectivity index (χ0) is 53.4. The highest BCUT2D eigenvalue weighted by molar-refractivity contribution is 6.09. The molecule has 0 bridgehead atoms. The van der Waals surface area contributed by atoms with Crippen LogP contribution in [0.25, 0.3) is 61.0 Å². The first-order chi connectivity index (χ1) is 36.3. The highest BCUT2D eigenvalue weighted by atomic mass is 19.1. The van der Waals surface area contributed by atoms with Crippen molar-refractivity contribution in [1.29, 1.82) is 0 Å². The summed E-state index contributed by atoms with van der Waals surface area (Å²) in [6.45, 7) is 27.5. The number of ether oxygens (including phenoxy) is 1. The van der Waals surface area contributed by atoms with E-state index < -0.39 is 0 Å². The average molecular weight is 1000 g/mol. The molecule has 0 aliphatic carbocycles. The van der Waals surface area contributed by atoms with Gasteiger partial charge in [0.05, 0.1) is 28.1 Å². The van der Waals surface area contributed by atoms with Crippen molar-refractivity contribution in [2.75, 3.05) is 16.5 Å². The van der Waals surface area contributed by atoms with Crippen LogP contribution in [0, 0.1) is 19.7 Å². The van der Waals surface area contributed by atoms with Crippen LogP contribution in [-0.2, 0) is 10.8 Å². The van der Waals surface area contributed by atoms with E-state index >= 15 is 0 Å². The first-order valence-electron chi connectivity index (χ1n) is 26.9. The Kier molecular flexibility index (Phi) is 12.8. The predicted molar refractivity (Wildman–Crippen MR) is 318 cm³/mol. The van der Waals surface area contributed by atoms with Crippen LogP contribution in [0.4, 0.5) is 27.1 Å². The number of nitrogens with zero attached hydrogens (tertiary/aromatic N) is 4. The maximum absolute atomic E-state index is 14.9. The summed E-state index contributed by atoms with van der Waals surface area (Å²) < 4.78 is 24.3. The number of pyridine rings is 1. The number of benzene rings is 8. The van der Waals surface area contributed by atoms with Crippen molar-refractivity contribution in [3.05, 3.63) is 215 Å². The maximum Gasteiger partial charge on any atom is 0.137 e. The number of halogens is 1. The third-order valence-corrected chi connectivity index (χ3v) is 15.2. The lowest BCUT2D eigenvalue weighted by atomic mass is 9.81. The summed E-state index contributed by atoms with van der Waals surface area (Å²) in [5.74, 6) is 2.74. The third kappa shape index (κ3) is 9.55. The lowest BCUT2D eigenvalue weighted by Crippen LogP contribution is -2.25. The van der Waals surface area contributed by atoms with Gasteiger partial charge in [-0.15, -0.1) is 0 Å². The molecule has 11 rings (SSSR count). The van der Waals surface area contributed by atoms with E-state index in [0.29, 0.717) is 18.5 Å². The normalized spacial score (nSPS) is 12.9. The summed E-state index contributed by atoms with van der Waals surface area (Å²) in [5.41, 5.74) is 20.1. The highest BCUT2D eigenvalue weighted by Gasteiger charge is 2.34. The Morgan fingerprint density at radius 3 is 1.76 bits per heavy atom. The molecule has 0 N–H and O–H groups in total. The lowest BCUT2D eigenvalue weighted by Gasteiger charge is -2.31. The highest BCUT2D eigenvalue weighted by Crippen LogP contribution is 2.53. The van der Waals surface area contributed by atoms with E-state index in [-0.39, 0.29) is 16.6 Å². The molecule has 2 aromatic heterocycles. The molecule has 5 nitrogen and oxygen atoms in total. The van der Waals surface area contributed by atoms with Crippen molar-refractivity contribution in [2.24, 2.45) is 0 Å². The summed E-state index contributed by atoms with van der Waals surface area (Å²) in [6, 6.07) is 60.4. The molecule has 6 heteroatoms. The Balaban J connectivity index is 1.09. The minimum atomic E-state index is -0.256. The number of aryl methyl sites for hydroxylation is 2. The van der Waals surface area contributed by atoms with E-state index in [9.17, 15) is 4.39 Å². The van der Waals surface area contributed by atoms with Crippen LogP contribution >= 0.6 is 0 Å². The number of aromatic nitrogens is 2. The molecule has 8 aromatic carbocycles. The molecule has 0 saturated heterocycles. The molecular weight excluding hydrogens is 932 g/mol. The second-order valence-corrected chi connectivity index (χ2v) is 23.7. The third-order valence-electron chi connectivity index (χ3n) is 15.2. The number of anilines is 4. The smallest absolute Gasteiger partial charge is 0.137 e. The summed E-state index contributed by atoms with van der Waals surface area (Å²) in [6.07, 6.45) is 1.92. The molecule has 76 heavy (non-hydrogen) atoms. The Labute approximate surface area is 449 Å². The monoisotopic (exact) mass is 1000 g/mol. The van der Waals surface area contributed by atoms with Crippen molar-refractivity contribution in [2.45, 2.75) is 106 Å². The van der Waals surface area contributed by atoms with E-state index in [0.717, 1.165) is 89.7 Å². The SMILES string of the molecule is Cc1cc(C)cc(-c2cc(Oc3ccc4c5ccccc5n(-c5cc(C(C)(C)C)ccn5)c4c3)cc(N3CN(c4c(-c5ccc(F)cc5)cc(C(C)(C)C)cc4-c4cc(C(C)C)cc(C(C)C)c4)c4ccccc43)c2)c1. The van der Waals surface area contributed by atoms with Gasteiger partial charge in [0, 0.05) is 45.9 Å². The molecule has 0 unspecified atom stereocenters. The molecule has 0 spiro atoms. The average Bonchev–Trinajstić information content (AvgIpc) is 3.97. The Bertz CT molecular complexity index is 3800. The second kappa shape index (κ2) is 19.3. The van der Waals surface area contributed by atoms with E-state index in [1.54, 1.807) is 12.1 Å². The van der Waals surface area contributed by atoms with Gasteiger partial charge in [0.15, 0.2) is 0 Å². The molecule has 3 heterocycles. The summed E-state index contributed by atoms with van der Waals surface area (Å²) in [4.78, 5) is 9.85. The number of rotatable bonds is 10. The molecule has 0 atom stereocenters. The van der Waals surface area contributed by atoms with Crippen molar-refractivity contribution in [1.82, 2.24) is 9.55 Å². The van der Waals surface area contributed by atoms with Crippen molar-refractivity contribution < 1.29 is 9.13 Å². The molecule has 0 radical (unpaired) electrons. The lowest BCUT2D eigenvalue weighted by molar-refractivity contribution is 0.483. The van der Waals surface area contributed by atoms with Crippen LogP contribution in [0.15, 0.2) is 176 Å². The van der Waals surface area contributed by atoms with Gasteiger partial charge in [-0.05, 0) is 160 Å². The topological polar surface area (TPSA) is 33.5 Å². The molecule has 0 amide bonds. The number of hydrogen-bond acceptors (Lipinski definition) is 4. The minimum Gasteiger partial charge on any atom is -0.457 e. The van der Waals surface area contributed by atoms with Crippen LogP contribution in [0.1, 0.15) is 114 Å². The minimum absolute atomic E-state index is 0.0445. The van der Waals surface area contributed by atoms with Crippen LogP contribution in [-0.4, -0.2) is 16.2 Å². The second-order valence-electron chi connectivity index (χ2n) is 23.7. The van der Waals surface area contributed by atoms with Gasteiger partial charge >= 0.3 is 0 Å². The standard InChI is InChI=1S/C70H69FN4O/c1-43(2)48-32-49(44(3)4)34-52(33-48)62-38-54(70(10,11)12)37-61(47-21-23-55(71)24-22-47)68(62)74-42-73(64-19-15-16-20-65(64)74)56-35-51(50-30-45(5)29-46(6)31-50)36-58(40-56)76-57-25-26-60-59-17-13-14-18-63(59)75(66(60)41-57)67-39-53(27-28-72-67)69(7,8)9/h13-41,43-44H,42H2,1-12H3. The fourth-order valence-corrected chi connectivity index (χ4v) is 11.1. The zero-order valence-electron chi connectivity index (χ0n) is 46.2. The molecule has 0 fully saturated rings. The number of hydrogen-bond donors (Lipinski definition) is 0. The van der Waals surface area contributed by atoms with Crippen LogP contribution in [0.3, 0.4) is 0 Å². The number of para-hydroxylation sites is 3. The molecule has 0 saturated carbocycles. The van der Waals surface area contributed by atoms with Gasteiger partial charge in [0.1, 0.15) is 29.8 Å². The van der Waals surface area contributed by atoms with Crippen LogP contribution < -0.4 is 14.5 Å². The van der Waals surface area contributed by atoms with Gasteiger partial charge in [-0.2, -0.15) is 0 Å². The van der Waals surface area contributed by atoms with Gasteiger partial charge in [0.2, 0.25) is 0 Å². The van der Waals surface area contributed by atoms with Crippen molar-refractivity contribution in [3.63, 3.8) is 0 Å². The largest absolute Gasteiger partial charge is 0.457 e. The van der Waals surface area contributed by atoms with Crippen molar-refractivity contribution in [3.8, 4) is 50.7 Å². The van der Waals surface area contributed by atoms with Gasteiger partial charge in [-0.1, -0.05) is 159 Å². The van der Waals surface area contributed by atoms with Crippen LogP contribution in [0.2, 0.25) is 0 Å². The fourth-order valence-electron chi connectivity index (χ4n) is 11.1. The van der Waals surface area contributed by atoms with Crippen LogP contribution in [0.5, 0.6) is 11.5 Å². The molecule has 1 aliphatic heterocycles. The molecule has 382 valence electrons. The number of fused-ring (bicyclic) bond motifs is 4. The van der Waals surface area contributed by atoms with Gasteiger partial charge in [-0.25, -0.2) is 9.37 Å². The zero-order valence-corrected chi connectivity index (χ0v) is 46.2. The predicted octanol–water partition coefficient (Wildman–Crippen LogP) is 19.8. The van der Waals surface area contributed by atoms with Crippen molar-refractivity contribution >= 4 is 44.6 Å². The Hall–Kier alpha value is -7.96. The van der Waals surface area contributed by atoms with Gasteiger partial charge in [-0.3, -0.25) is 4.57 Å². The van der Waals surface area contributed by atoms with E-state index in [4.69, 9.17) is 9.72 Å². The maximum atomic E-state index is 14.9.